The first-order chi connectivity index (χ1) is 9.15. The van der Waals surface area contributed by atoms with E-state index in [1.54, 1.807) is 24.3 Å². The molecule has 2 aromatic carbocycles. The van der Waals surface area contributed by atoms with Crippen LogP contribution < -0.4 is 5.73 Å². The van der Waals surface area contributed by atoms with Gasteiger partial charge < -0.3 is 10.8 Å². The summed E-state index contributed by atoms with van der Waals surface area (Å²) in [5.41, 5.74) is 6.19. The van der Waals surface area contributed by atoms with Gasteiger partial charge in [0.1, 0.15) is 22.9 Å². The Labute approximate surface area is 112 Å². The fraction of sp³-hybridized carbons (Fsp3) is 0. The number of phenols is 1. The Balaban J connectivity index is 2.70. The number of rotatable bonds is 0. The quantitative estimate of drug-likeness (QED) is 0.612. The summed E-state index contributed by atoms with van der Waals surface area (Å²) in [4.78, 5) is 0. The van der Waals surface area contributed by atoms with E-state index < -0.39 is 0 Å². The Morgan fingerprint density at radius 3 is 2.58 bits per heavy atom. The normalized spacial score (nSPS) is 10.7. The SMILES string of the molecule is N#Cc1c(N)nnc2c1c(Cl)c(O)c1ccccc12. The van der Waals surface area contributed by atoms with E-state index in [1.807, 2.05) is 6.07 Å². The molecule has 19 heavy (non-hydrogen) atoms. The van der Waals surface area contributed by atoms with Gasteiger partial charge in [-0.3, -0.25) is 0 Å². The van der Waals surface area contributed by atoms with Crippen LogP contribution in [0.2, 0.25) is 5.02 Å². The van der Waals surface area contributed by atoms with E-state index in [0.29, 0.717) is 21.7 Å². The van der Waals surface area contributed by atoms with Gasteiger partial charge in [0.15, 0.2) is 5.82 Å². The number of hydrogen-bond donors (Lipinski definition) is 2. The van der Waals surface area contributed by atoms with Crippen LogP contribution in [0.4, 0.5) is 5.82 Å². The Bertz CT molecular complexity index is 870. The van der Waals surface area contributed by atoms with Crippen molar-refractivity contribution >= 4 is 39.1 Å². The Kier molecular flexibility index (Phi) is 2.40. The highest BCUT2D eigenvalue weighted by molar-refractivity contribution is 6.40. The minimum absolute atomic E-state index is 0.00780. The van der Waals surface area contributed by atoms with Crippen molar-refractivity contribution in [2.24, 2.45) is 0 Å². The van der Waals surface area contributed by atoms with Crippen molar-refractivity contribution < 1.29 is 5.11 Å². The molecule has 0 bridgehead atoms. The number of fused-ring (bicyclic) bond motifs is 3. The zero-order valence-corrected chi connectivity index (χ0v) is 10.3. The van der Waals surface area contributed by atoms with Crippen LogP contribution in [-0.4, -0.2) is 15.3 Å². The van der Waals surface area contributed by atoms with Gasteiger partial charge in [0, 0.05) is 16.2 Å². The van der Waals surface area contributed by atoms with E-state index in [-0.39, 0.29) is 22.2 Å². The minimum Gasteiger partial charge on any atom is -0.506 e. The molecule has 0 unspecified atom stereocenters. The van der Waals surface area contributed by atoms with Crippen molar-refractivity contribution in [1.29, 1.82) is 5.26 Å². The van der Waals surface area contributed by atoms with Gasteiger partial charge in [-0.2, -0.15) is 5.26 Å². The van der Waals surface area contributed by atoms with Crippen LogP contribution in [0.1, 0.15) is 5.56 Å². The first-order valence-electron chi connectivity index (χ1n) is 5.40. The van der Waals surface area contributed by atoms with Gasteiger partial charge in [-0.15, -0.1) is 10.2 Å². The van der Waals surface area contributed by atoms with Crippen molar-refractivity contribution in [3.05, 3.63) is 34.9 Å². The maximum absolute atomic E-state index is 10.1. The third-order valence-corrected chi connectivity index (χ3v) is 3.35. The van der Waals surface area contributed by atoms with E-state index in [2.05, 4.69) is 10.2 Å². The molecule has 1 heterocycles. The van der Waals surface area contributed by atoms with E-state index in [9.17, 15) is 5.11 Å². The maximum Gasteiger partial charge on any atom is 0.164 e. The number of aromatic hydroxyl groups is 1. The summed E-state index contributed by atoms with van der Waals surface area (Å²) in [7, 11) is 0. The number of benzene rings is 2. The molecule has 3 rings (SSSR count). The number of hydrogen-bond acceptors (Lipinski definition) is 5. The second-order valence-electron chi connectivity index (χ2n) is 4.00. The summed E-state index contributed by atoms with van der Waals surface area (Å²) in [6.07, 6.45) is 0. The number of halogens is 1. The third-order valence-electron chi connectivity index (χ3n) is 2.98. The number of nitriles is 1. The summed E-state index contributed by atoms with van der Waals surface area (Å²) in [6, 6.07) is 9.03. The van der Waals surface area contributed by atoms with Crippen LogP contribution in [0.15, 0.2) is 24.3 Å². The molecule has 0 saturated carbocycles. The summed E-state index contributed by atoms with van der Waals surface area (Å²) >= 11 is 6.14. The number of anilines is 1. The standard InChI is InChI=1S/C13H7ClN4O/c14-10-9-8(5-15)13(16)18-17-11(9)6-3-1-2-4-7(6)12(10)19/h1-4,19H,(H2,16,18). The summed E-state index contributed by atoms with van der Waals surface area (Å²) in [6.45, 7) is 0. The number of nitrogens with two attached hydrogens (primary N) is 1. The zero-order chi connectivity index (χ0) is 13.6. The largest absolute Gasteiger partial charge is 0.506 e. The predicted octanol–water partition coefficient (Wildman–Crippen LogP) is 2.60. The maximum atomic E-state index is 10.1. The molecule has 6 heteroatoms. The summed E-state index contributed by atoms with van der Waals surface area (Å²) in [5.74, 6) is -0.0970. The van der Waals surface area contributed by atoms with E-state index in [4.69, 9.17) is 22.6 Å². The van der Waals surface area contributed by atoms with Gasteiger partial charge in [-0.25, -0.2) is 0 Å². The number of nitrogen functional groups attached to an aromatic ring is 1. The van der Waals surface area contributed by atoms with Gasteiger partial charge >= 0.3 is 0 Å². The highest BCUT2D eigenvalue weighted by Crippen LogP contribution is 2.41. The lowest BCUT2D eigenvalue weighted by Crippen LogP contribution is -1.99. The topological polar surface area (TPSA) is 95.8 Å². The van der Waals surface area contributed by atoms with E-state index in [0.717, 1.165) is 0 Å². The molecule has 0 aliphatic rings. The van der Waals surface area contributed by atoms with Gasteiger partial charge in [-0.1, -0.05) is 35.9 Å². The summed E-state index contributed by atoms with van der Waals surface area (Å²) < 4.78 is 0. The fourth-order valence-electron chi connectivity index (χ4n) is 2.10. The monoisotopic (exact) mass is 270 g/mol. The van der Waals surface area contributed by atoms with Crippen molar-refractivity contribution in [2.45, 2.75) is 0 Å². The number of nitrogens with zero attached hydrogens (tertiary/aromatic N) is 3. The molecule has 0 saturated heterocycles. The molecule has 0 spiro atoms. The first kappa shape index (κ1) is 11.5. The Morgan fingerprint density at radius 1 is 1.21 bits per heavy atom. The second kappa shape index (κ2) is 3.97. The lowest BCUT2D eigenvalue weighted by Gasteiger charge is -2.09. The van der Waals surface area contributed by atoms with E-state index >= 15 is 0 Å². The molecule has 92 valence electrons. The third kappa shape index (κ3) is 1.47. The van der Waals surface area contributed by atoms with Crippen molar-refractivity contribution in [1.82, 2.24) is 10.2 Å². The zero-order valence-electron chi connectivity index (χ0n) is 9.55. The molecular weight excluding hydrogens is 264 g/mol. The van der Waals surface area contributed by atoms with Crippen LogP contribution in [0.5, 0.6) is 5.75 Å². The average molecular weight is 271 g/mol. The molecular formula is C13H7ClN4O. The molecule has 0 aliphatic heterocycles. The van der Waals surface area contributed by atoms with Crippen molar-refractivity contribution in [3.8, 4) is 11.8 Å². The van der Waals surface area contributed by atoms with E-state index in [1.165, 1.54) is 0 Å². The molecule has 3 aromatic rings. The molecule has 0 amide bonds. The van der Waals surface area contributed by atoms with Gasteiger partial charge in [0.2, 0.25) is 0 Å². The molecule has 0 atom stereocenters. The van der Waals surface area contributed by atoms with Crippen molar-refractivity contribution in [3.63, 3.8) is 0 Å². The molecule has 0 radical (unpaired) electrons. The van der Waals surface area contributed by atoms with Gasteiger partial charge in [-0.05, 0) is 0 Å². The molecule has 0 aliphatic carbocycles. The highest BCUT2D eigenvalue weighted by Gasteiger charge is 2.18. The average Bonchev–Trinajstić information content (AvgIpc) is 2.44. The smallest absolute Gasteiger partial charge is 0.164 e. The summed E-state index contributed by atoms with van der Waals surface area (Å²) in [5, 5.41) is 28.7. The van der Waals surface area contributed by atoms with Crippen LogP contribution in [0.25, 0.3) is 21.7 Å². The Hall–Kier alpha value is -2.58. The van der Waals surface area contributed by atoms with Crippen LogP contribution in [0, 0.1) is 11.3 Å². The van der Waals surface area contributed by atoms with Crippen LogP contribution >= 0.6 is 11.6 Å². The lowest BCUT2D eigenvalue weighted by atomic mass is 10.0. The molecule has 1 aromatic heterocycles. The lowest BCUT2D eigenvalue weighted by molar-refractivity contribution is 0.482. The first-order valence-corrected chi connectivity index (χ1v) is 5.78. The van der Waals surface area contributed by atoms with Crippen LogP contribution in [-0.2, 0) is 0 Å². The molecule has 3 N–H and O–H groups in total. The fourth-order valence-corrected chi connectivity index (χ4v) is 2.38. The van der Waals surface area contributed by atoms with Crippen molar-refractivity contribution in [2.75, 3.05) is 5.73 Å². The second-order valence-corrected chi connectivity index (χ2v) is 4.38. The minimum atomic E-state index is -0.0892. The number of aromatic nitrogens is 2. The number of phenolic OH excluding ortho intramolecular Hbond substituents is 1. The van der Waals surface area contributed by atoms with Gasteiger partial charge in [0.25, 0.3) is 0 Å². The highest BCUT2D eigenvalue weighted by atomic mass is 35.5. The molecule has 0 fully saturated rings. The Morgan fingerprint density at radius 2 is 1.89 bits per heavy atom. The molecule has 5 nitrogen and oxygen atoms in total. The van der Waals surface area contributed by atoms with Gasteiger partial charge in [0.05, 0.1) is 5.02 Å². The predicted molar refractivity (Wildman–Crippen MR) is 72.8 cm³/mol. The van der Waals surface area contributed by atoms with Crippen LogP contribution in [0.3, 0.4) is 0 Å².